The lowest BCUT2D eigenvalue weighted by molar-refractivity contribution is 0.669. The third-order valence-electron chi connectivity index (χ3n) is 11.5. The van der Waals surface area contributed by atoms with E-state index in [9.17, 15) is 0 Å². The number of aromatic nitrogens is 2. The molecule has 0 unspecified atom stereocenters. The van der Waals surface area contributed by atoms with Gasteiger partial charge in [0.05, 0.1) is 22.1 Å². The Morgan fingerprint density at radius 3 is 1.71 bits per heavy atom. The predicted molar refractivity (Wildman–Crippen MR) is 231 cm³/mol. The van der Waals surface area contributed by atoms with Gasteiger partial charge in [-0.2, -0.15) is 0 Å². The molecule has 0 amide bonds. The van der Waals surface area contributed by atoms with E-state index in [1.54, 1.807) is 0 Å². The van der Waals surface area contributed by atoms with Crippen molar-refractivity contribution in [1.29, 1.82) is 0 Å². The summed E-state index contributed by atoms with van der Waals surface area (Å²) in [7, 11) is 0. The Morgan fingerprint density at radius 1 is 0.291 bits per heavy atom. The fourth-order valence-corrected chi connectivity index (χ4v) is 8.96. The third kappa shape index (κ3) is 4.50. The zero-order valence-corrected chi connectivity index (χ0v) is 29.8. The lowest BCUT2D eigenvalue weighted by Gasteiger charge is -2.11. The molecule has 3 aromatic heterocycles. The van der Waals surface area contributed by atoms with Crippen LogP contribution in [0.4, 0.5) is 0 Å². The Morgan fingerprint density at radius 2 is 0.873 bits per heavy atom. The van der Waals surface area contributed by atoms with Crippen molar-refractivity contribution in [1.82, 2.24) is 9.13 Å². The van der Waals surface area contributed by atoms with Gasteiger partial charge in [0.1, 0.15) is 11.2 Å². The van der Waals surface area contributed by atoms with Crippen molar-refractivity contribution in [3.8, 4) is 33.6 Å². The van der Waals surface area contributed by atoms with Gasteiger partial charge >= 0.3 is 0 Å². The summed E-state index contributed by atoms with van der Waals surface area (Å²) in [6.45, 7) is 0. The molecule has 12 rings (SSSR count). The lowest BCUT2D eigenvalue weighted by Crippen LogP contribution is -1.94. The summed E-state index contributed by atoms with van der Waals surface area (Å²) < 4.78 is 11.3. The molecule has 0 radical (unpaired) electrons. The molecule has 0 saturated heterocycles. The van der Waals surface area contributed by atoms with Gasteiger partial charge in [-0.3, -0.25) is 0 Å². The molecule has 0 aliphatic rings. The second-order valence-corrected chi connectivity index (χ2v) is 14.5. The zero-order valence-electron chi connectivity index (χ0n) is 29.8. The molecule has 0 aliphatic heterocycles. The lowest BCUT2D eigenvalue weighted by atomic mass is 9.99. The summed E-state index contributed by atoms with van der Waals surface area (Å²) in [6, 6.07) is 70.3. The standard InChI is InChI=1S/C52H32N2O/c1-2-10-33(11-3-1)35-18-23-39(24-19-35)53-45-16-8-6-14-41(45)43-31-37(21-26-46(43)53)38-22-27-47-44(32-38)51-48(28-29-50-52(51)42-15-7-9-17-49(42)55-50)54(47)40-25-20-34-12-4-5-13-36(34)30-40/h1-32H. The van der Waals surface area contributed by atoms with Crippen LogP contribution in [0, 0.1) is 0 Å². The fraction of sp³-hybridized carbons (Fsp3) is 0. The van der Waals surface area contributed by atoms with Crippen molar-refractivity contribution >= 4 is 76.3 Å². The molecule has 0 aliphatic carbocycles. The second-order valence-electron chi connectivity index (χ2n) is 14.5. The molecular weight excluding hydrogens is 669 g/mol. The van der Waals surface area contributed by atoms with Gasteiger partial charge in [0, 0.05) is 43.7 Å². The monoisotopic (exact) mass is 700 g/mol. The normalized spacial score (nSPS) is 12.0. The Balaban J connectivity index is 1.07. The fourth-order valence-electron chi connectivity index (χ4n) is 8.96. The number of fused-ring (bicyclic) bond motifs is 11. The topological polar surface area (TPSA) is 23.0 Å². The molecule has 9 aromatic carbocycles. The van der Waals surface area contributed by atoms with E-state index in [1.807, 2.05) is 6.07 Å². The van der Waals surface area contributed by atoms with Crippen molar-refractivity contribution in [2.45, 2.75) is 0 Å². The molecule has 55 heavy (non-hydrogen) atoms. The maximum absolute atomic E-state index is 6.44. The van der Waals surface area contributed by atoms with E-state index in [1.165, 1.54) is 76.6 Å². The summed E-state index contributed by atoms with van der Waals surface area (Å²) >= 11 is 0. The summed E-state index contributed by atoms with van der Waals surface area (Å²) in [6.07, 6.45) is 0. The molecule has 0 atom stereocenters. The number of hydrogen-bond donors (Lipinski definition) is 0. The summed E-state index contributed by atoms with van der Waals surface area (Å²) in [5, 5.41) is 9.65. The minimum atomic E-state index is 0.905. The average molecular weight is 701 g/mol. The van der Waals surface area contributed by atoms with Crippen LogP contribution < -0.4 is 0 Å². The number of benzene rings is 9. The van der Waals surface area contributed by atoms with Gasteiger partial charge in [0.15, 0.2) is 0 Å². The van der Waals surface area contributed by atoms with Crippen LogP contribution in [-0.4, -0.2) is 9.13 Å². The van der Waals surface area contributed by atoms with Crippen molar-refractivity contribution in [2.75, 3.05) is 0 Å². The molecular formula is C52H32N2O. The highest BCUT2D eigenvalue weighted by molar-refractivity contribution is 6.28. The van der Waals surface area contributed by atoms with Crippen LogP contribution in [0.3, 0.4) is 0 Å². The highest BCUT2D eigenvalue weighted by Crippen LogP contribution is 2.43. The minimum Gasteiger partial charge on any atom is -0.456 e. The number of rotatable bonds is 4. The molecule has 3 heterocycles. The van der Waals surface area contributed by atoms with Gasteiger partial charge in [0.25, 0.3) is 0 Å². The first kappa shape index (κ1) is 30.1. The van der Waals surface area contributed by atoms with Crippen LogP contribution in [-0.2, 0) is 0 Å². The van der Waals surface area contributed by atoms with Gasteiger partial charge in [-0.25, -0.2) is 0 Å². The van der Waals surface area contributed by atoms with E-state index in [4.69, 9.17) is 4.42 Å². The average Bonchev–Trinajstić information content (AvgIpc) is 3.91. The molecule has 0 N–H and O–H groups in total. The van der Waals surface area contributed by atoms with Crippen LogP contribution in [0.5, 0.6) is 0 Å². The molecule has 0 spiro atoms. The Kier molecular flexibility index (Phi) is 6.34. The second kappa shape index (κ2) is 11.6. The van der Waals surface area contributed by atoms with Crippen LogP contribution in [0.2, 0.25) is 0 Å². The summed E-state index contributed by atoms with van der Waals surface area (Å²) in [5.74, 6) is 0. The smallest absolute Gasteiger partial charge is 0.136 e. The first-order valence-corrected chi connectivity index (χ1v) is 18.8. The van der Waals surface area contributed by atoms with E-state index >= 15 is 0 Å². The molecule has 3 heteroatoms. The van der Waals surface area contributed by atoms with Crippen LogP contribution in [0.25, 0.3) is 110 Å². The van der Waals surface area contributed by atoms with Gasteiger partial charge in [-0.1, -0.05) is 121 Å². The first-order valence-electron chi connectivity index (χ1n) is 18.8. The molecule has 256 valence electrons. The van der Waals surface area contributed by atoms with Crippen LogP contribution >= 0.6 is 0 Å². The number of nitrogens with zero attached hydrogens (tertiary/aromatic N) is 2. The third-order valence-corrected chi connectivity index (χ3v) is 11.5. The van der Waals surface area contributed by atoms with Gasteiger partial charge in [-0.15, -0.1) is 0 Å². The van der Waals surface area contributed by atoms with Crippen molar-refractivity contribution < 1.29 is 4.42 Å². The summed E-state index contributed by atoms with van der Waals surface area (Å²) in [5.41, 5.74) is 13.6. The van der Waals surface area contributed by atoms with E-state index < -0.39 is 0 Å². The van der Waals surface area contributed by atoms with Crippen LogP contribution in [0.1, 0.15) is 0 Å². The maximum atomic E-state index is 6.44. The van der Waals surface area contributed by atoms with Crippen molar-refractivity contribution in [2.24, 2.45) is 0 Å². The minimum absolute atomic E-state index is 0.905. The first-order chi connectivity index (χ1) is 27.3. The Hall–Kier alpha value is -7.36. The predicted octanol–water partition coefficient (Wildman–Crippen LogP) is 14.3. The van der Waals surface area contributed by atoms with Gasteiger partial charge in [0.2, 0.25) is 0 Å². The van der Waals surface area contributed by atoms with E-state index in [-0.39, 0.29) is 0 Å². The molecule has 3 nitrogen and oxygen atoms in total. The highest BCUT2D eigenvalue weighted by atomic mass is 16.3. The van der Waals surface area contributed by atoms with Crippen molar-refractivity contribution in [3.63, 3.8) is 0 Å². The number of para-hydroxylation sites is 2. The Labute approximate surface area is 316 Å². The van der Waals surface area contributed by atoms with Gasteiger partial charge < -0.3 is 13.6 Å². The number of hydrogen-bond acceptors (Lipinski definition) is 1. The Bertz CT molecular complexity index is 3470. The maximum Gasteiger partial charge on any atom is 0.136 e. The quantitative estimate of drug-likeness (QED) is 0.179. The van der Waals surface area contributed by atoms with E-state index in [0.717, 1.165) is 33.3 Å². The SMILES string of the molecule is c1ccc(-c2ccc(-n3c4ccccc4c4cc(-c5ccc6c(c5)c5c7c(ccc5n6-c5ccc6ccccc6c5)oc5ccccc57)ccc43)cc2)cc1. The largest absolute Gasteiger partial charge is 0.456 e. The van der Waals surface area contributed by atoms with Crippen LogP contribution in [0.15, 0.2) is 199 Å². The van der Waals surface area contributed by atoms with Gasteiger partial charge in [-0.05, 0) is 106 Å². The molecule has 0 fully saturated rings. The van der Waals surface area contributed by atoms with E-state index in [0.29, 0.717) is 0 Å². The highest BCUT2D eigenvalue weighted by Gasteiger charge is 2.20. The number of furan rings is 1. The summed E-state index contributed by atoms with van der Waals surface area (Å²) in [4.78, 5) is 0. The van der Waals surface area contributed by atoms with Crippen molar-refractivity contribution in [3.05, 3.63) is 194 Å². The molecule has 0 bridgehead atoms. The molecule has 12 aromatic rings. The van der Waals surface area contributed by atoms with E-state index in [2.05, 4.69) is 197 Å². The zero-order chi connectivity index (χ0) is 36.0. The molecule has 0 saturated carbocycles.